The van der Waals surface area contributed by atoms with Gasteiger partial charge in [0.2, 0.25) is 0 Å². The van der Waals surface area contributed by atoms with E-state index in [2.05, 4.69) is 11.9 Å². The van der Waals surface area contributed by atoms with Gasteiger partial charge in [-0.3, -0.25) is 4.79 Å². The van der Waals surface area contributed by atoms with Crippen LogP contribution in [0.1, 0.15) is 42.7 Å². The molecule has 0 aliphatic carbocycles. The quantitative estimate of drug-likeness (QED) is 0.806. The van der Waals surface area contributed by atoms with Crippen LogP contribution in [0.5, 0.6) is 0 Å². The molecule has 0 unspecified atom stereocenters. The Kier molecular flexibility index (Phi) is 4.84. The number of likely N-dealkylation sites (tertiary alicyclic amines) is 1. The van der Waals surface area contributed by atoms with Gasteiger partial charge in [0.1, 0.15) is 5.69 Å². The van der Waals surface area contributed by atoms with E-state index in [-0.39, 0.29) is 11.5 Å². The average molecular weight is 344 g/mol. The molecule has 2 aromatic rings. The molecule has 0 atom stereocenters. The highest BCUT2D eigenvalue weighted by Gasteiger charge is 2.24. The van der Waals surface area contributed by atoms with Gasteiger partial charge in [-0.15, -0.1) is 0 Å². The summed E-state index contributed by atoms with van der Waals surface area (Å²) in [4.78, 5) is 18.9. The van der Waals surface area contributed by atoms with Crippen LogP contribution >= 0.6 is 0 Å². The van der Waals surface area contributed by atoms with Crippen molar-refractivity contribution >= 4 is 5.91 Å². The molecule has 1 aromatic heterocycles. The smallest absolute Gasteiger partial charge is 0.272 e. The molecule has 1 aliphatic rings. The third-order valence-electron chi connectivity index (χ3n) is 4.73. The largest absolute Gasteiger partial charge is 0.337 e. The van der Waals surface area contributed by atoms with Crippen molar-refractivity contribution in [1.29, 1.82) is 0 Å². The third kappa shape index (κ3) is 4.03. The predicted molar refractivity (Wildman–Crippen MR) is 93.5 cm³/mol. The first kappa shape index (κ1) is 17.5. The molecule has 25 heavy (non-hydrogen) atoms. The Morgan fingerprint density at radius 2 is 1.76 bits per heavy atom. The minimum atomic E-state index is -2.87. The number of alkyl halides is 2. The molecule has 1 fully saturated rings. The number of benzene rings is 1. The number of hydrogen-bond donors (Lipinski definition) is 0. The summed E-state index contributed by atoms with van der Waals surface area (Å²) >= 11 is 0. The SMILES string of the molecule is CC1CCN(C(=O)c2cccc(-c3ccc(C(C)(F)F)cc3)n2)CC1. The Labute approximate surface area is 146 Å². The third-order valence-corrected chi connectivity index (χ3v) is 4.73. The van der Waals surface area contributed by atoms with Crippen molar-refractivity contribution in [2.75, 3.05) is 13.1 Å². The van der Waals surface area contributed by atoms with E-state index in [4.69, 9.17) is 0 Å². The molecule has 1 aliphatic heterocycles. The molecule has 0 saturated carbocycles. The zero-order valence-corrected chi connectivity index (χ0v) is 14.5. The molecule has 0 radical (unpaired) electrons. The molecule has 0 bridgehead atoms. The first-order valence-electron chi connectivity index (χ1n) is 8.59. The lowest BCUT2D eigenvalue weighted by Crippen LogP contribution is -2.38. The van der Waals surface area contributed by atoms with Gasteiger partial charge in [-0.05, 0) is 30.9 Å². The van der Waals surface area contributed by atoms with Gasteiger partial charge < -0.3 is 4.90 Å². The highest BCUT2D eigenvalue weighted by molar-refractivity contribution is 5.93. The summed E-state index contributed by atoms with van der Waals surface area (Å²) in [7, 11) is 0. The molecular formula is C20H22F2N2O. The van der Waals surface area contributed by atoms with Gasteiger partial charge >= 0.3 is 0 Å². The van der Waals surface area contributed by atoms with Crippen LogP contribution in [-0.4, -0.2) is 28.9 Å². The number of nitrogens with zero attached hydrogens (tertiary/aromatic N) is 2. The lowest BCUT2D eigenvalue weighted by Gasteiger charge is -2.30. The van der Waals surface area contributed by atoms with E-state index in [0.29, 0.717) is 17.3 Å². The van der Waals surface area contributed by atoms with E-state index < -0.39 is 5.92 Å². The van der Waals surface area contributed by atoms with Crippen LogP contribution in [0.2, 0.25) is 0 Å². The van der Waals surface area contributed by atoms with Crippen molar-refractivity contribution in [2.24, 2.45) is 5.92 Å². The van der Waals surface area contributed by atoms with Crippen LogP contribution in [0.15, 0.2) is 42.5 Å². The highest BCUT2D eigenvalue weighted by Crippen LogP contribution is 2.29. The summed E-state index contributed by atoms with van der Waals surface area (Å²) in [5, 5.41) is 0. The Morgan fingerprint density at radius 3 is 2.36 bits per heavy atom. The van der Waals surface area contributed by atoms with Gasteiger partial charge in [-0.1, -0.05) is 37.3 Å². The van der Waals surface area contributed by atoms with Crippen molar-refractivity contribution in [3.8, 4) is 11.3 Å². The van der Waals surface area contributed by atoms with Crippen LogP contribution < -0.4 is 0 Å². The maximum atomic E-state index is 13.3. The fraction of sp³-hybridized carbons (Fsp3) is 0.400. The summed E-state index contributed by atoms with van der Waals surface area (Å²) in [5.74, 6) is -2.28. The van der Waals surface area contributed by atoms with Crippen LogP contribution in [0, 0.1) is 5.92 Å². The van der Waals surface area contributed by atoms with Crippen molar-refractivity contribution in [1.82, 2.24) is 9.88 Å². The minimum Gasteiger partial charge on any atom is -0.337 e. The lowest BCUT2D eigenvalue weighted by molar-refractivity contribution is 0.0175. The van der Waals surface area contributed by atoms with E-state index in [0.717, 1.165) is 38.4 Å². The first-order valence-corrected chi connectivity index (χ1v) is 8.59. The maximum Gasteiger partial charge on any atom is 0.272 e. The predicted octanol–water partition coefficient (Wildman–Crippen LogP) is 4.73. The molecule has 3 rings (SSSR count). The van der Waals surface area contributed by atoms with Crippen LogP contribution in [0.4, 0.5) is 8.78 Å². The summed E-state index contributed by atoms with van der Waals surface area (Å²) in [6.45, 7) is 4.58. The molecule has 1 saturated heterocycles. The van der Waals surface area contributed by atoms with Gasteiger partial charge in [0.25, 0.3) is 11.8 Å². The van der Waals surface area contributed by atoms with E-state index in [1.807, 2.05) is 4.90 Å². The topological polar surface area (TPSA) is 33.2 Å². The molecule has 2 heterocycles. The summed E-state index contributed by atoms with van der Waals surface area (Å²) in [6, 6.07) is 11.3. The summed E-state index contributed by atoms with van der Waals surface area (Å²) in [6.07, 6.45) is 2.02. The van der Waals surface area contributed by atoms with Gasteiger partial charge in [0.05, 0.1) is 5.69 Å². The van der Waals surface area contributed by atoms with Gasteiger partial charge in [-0.25, -0.2) is 13.8 Å². The van der Waals surface area contributed by atoms with Crippen molar-refractivity contribution in [3.05, 3.63) is 53.7 Å². The van der Waals surface area contributed by atoms with Crippen LogP contribution in [0.25, 0.3) is 11.3 Å². The number of piperidine rings is 1. The van der Waals surface area contributed by atoms with Crippen LogP contribution in [0.3, 0.4) is 0 Å². The molecular weight excluding hydrogens is 322 g/mol. The number of amides is 1. The van der Waals surface area contributed by atoms with Crippen molar-refractivity contribution < 1.29 is 13.6 Å². The number of rotatable bonds is 3. The van der Waals surface area contributed by atoms with Gasteiger partial charge in [-0.2, -0.15) is 0 Å². The minimum absolute atomic E-state index is 0.0362. The van der Waals surface area contributed by atoms with Crippen molar-refractivity contribution in [2.45, 2.75) is 32.6 Å². The number of halogens is 2. The first-order chi connectivity index (χ1) is 11.8. The highest BCUT2D eigenvalue weighted by atomic mass is 19.3. The normalized spacial score (nSPS) is 16.1. The van der Waals surface area contributed by atoms with E-state index >= 15 is 0 Å². The Balaban J connectivity index is 1.80. The molecule has 3 nitrogen and oxygen atoms in total. The van der Waals surface area contributed by atoms with Crippen LogP contribution in [-0.2, 0) is 5.92 Å². The molecule has 0 N–H and O–H groups in total. The number of aromatic nitrogens is 1. The van der Waals surface area contributed by atoms with E-state index in [9.17, 15) is 13.6 Å². The fourth-order valence-corrected chi connectivity index (χ4v) is 3.02. The summed E-state index contributed by atoms with van der Waals surface area (Å²) < 4.78 is 26.7. The van der Waals surface area contributed by atoms with E-state index in [1.165, 1.54) is 12.1 Å². The Bertz CT molecular complexity index is 745. The Hall–Kier alpha value is -2.30. The zero-order chi connectivity index (χ0) is 18.0. The molecule has 0 spiro atoms. The molecule has 5 heteroatoms. The zero-order valence-electron chi connectivity index (χ0n) is 14.5. The average Bonchev–Trinajstić information content (AvgIpc) is 2.61. The molecule has 1 amide bonds. The monoisotopic (exact) mass is 344 g/mol. The second kappa shape index (κ2) is 6.90. The standard InChI is InChI=1S/C20H22F2N2O/c1-14-10-12-24(13-11-14)19(25)18-5-3-4-17(23-18)15-6-8-16(9-7-15)20(2,21)22/h3-9,14H,10-13H2,1-2H3. The second-order valence-corrected chi connectivity index (χ2v) is 6.85. The fourth-order valence-electron chi connectivity index (χ4n) is 3.02. The van der Waals surface area contributed by atoms with Gasteiger partial charge in [0, 0.05) is 31.1 Å². The number of carbonyl (C=O) groups is 1. The molecule has 132 valence electrons. The maximum absolute atomic E-state index is 13.3. The van der Waals surface area contributed by atoms with E-state index in [1.54, 1.807) is 30.3 Å². The number of pyridine rings is 1. The van der Waals surface area contributed by atoms with Crippen molar-refractivity contribution in [3.63, 3.8) is 0 Å². The molecule has 1 aromatic carbocycles. The summed E-state index contributed by atoms with van der Waals surface area (Å²) in [5.41, 5.74) is 1.69. The lowest BCUT2D eigenvalue weighted by atomic mass is 9.99. The second-order valence-electron chi connectivity index (χ2n) is 6.85. The van der Waals surface area contributed by atoms with Gasteiger partial charge in [0.15, 0.2) is 0 Å². The Morgan fingerprint density at radius 1 is 1.12 bits per heavy atom. The number of hydrogen-bond acceptors (Lipinski definition) is 2. The number of carbonyl (C=O) groups excluding carboxylic acids is 1.